The minimum Gasteiger partial charge on any atom is -0.368 e. The van der Waals surface area contributed by atoms with E-state index in [9.17, 15) is 9.18 Å². The Balaban J connectivity index is 1.34. The van der Waals surface area contributed by atoms with E-state index >= 15 is 0 Å². The summed E-state index contributed by atoms with van der Waals surface area (Å²) in [4.78, 5) is 27.9. The SMILES string of the molecule is Cc1cccc(NC(=O)N2CCC(Nc3nc(N)nc4ccc(-c5ccc(F)cc5)nc34)C2)c1. The van der Waals surface area contributed by atoms with Crippen LogP contribution in [-0.4, -0.2) is 45.0 Å². The lowest BCUT2D eigenvalue weighted by Crippen LogP contribution is -2.35. The summed E-state index contributed by atoms with van der Waals surface area (Å²) in [6.07, 6.45) is 0.754. The van der Waals surface area contributed by atoms with E-state index in [0.29, 0.717) is 35.6 Å². The number of rotatable bonds is 4. The number of benzene rings is 2. The standard InChI is InChI=1S/C25H24FN7O/c1-15-3-2-4-18(13-15)29-25(34)33-12-11-19(14-33)28-23-22-21(31-24(27)32-23)10-9-20(30-22)16-5-7-17(26)8-6-16/h2-10,13,19H,11-12,14H2,1H3,(H,29,34)(H3,27,28,31,32). The first kappa shape index (κ1) is 21.6. The summed E-state index contributed by atoms with van der Waals surface area (Å²) in [5, 5.41) is 6.35. The van der Waals surface area contributed by atoms with Crippen LogP contribution >= 0.6 is 0 Å². The van der Waals surface area contributed by atoms with Gasteiger partial charge in [-0.05, 0) is 67.4 Å². The number of aromatic nitrogens is 3. The lowest BCUT2D eigenvalue weighted by atomic mass is 10.1. The number of halogens is 1. The highest BCUT2D eigenvalue weighted by molar-refractivity contribution is 5.90. The molecule has 1 atom stereocenters. The first-order valence-corrected chi connectivity index (χ1v) is 11.0. The molecule has 1 aliphatic rings. The monoisotopic (exact) mass is 457 g/mol. The van der Waals surface area contributed by atoms with Crippen LogP contribution in [0.15, 0.2) is 60.7 Å². The van der Waals surface area contributed by atoms with Crippen LogP contribution in [0.1, 0.15) is 12.0 Å². The van der Waals surface area contributed by atoms with Crippen molar-refractivity contribution in [3.8, 4) is 11.3 Å². The third-order valence-corrected chi connectivity index (χ3v) is 5.79. The molecule has 0 spiro atoms. The van der Waals surface area contributed by atoms with E-state index in [0.717, 1.165) is 23.2 Å². The minimum absolute atomic E-state index is 0.0166. The Kier molecular flexibility index (Phi) is 5.67. The molecule has 1 unspecified atom stereocenters. The minimum atomic E-state index is -0.305. The van der Waals surface area contributed by atoms with E-state index in [-0.39, 0.29) is 23.8 Å². The van der Waals surface area contributed by atoms with Gasteiger partial charge in [0.15, 0.2) is 5.82 Å². The number of urea groups is 1. The van der Waals surface area contributed by atoms with E-state index in [1.165, 1.54) is 12.1 Å². The van der Waals surface area contributed by atoms with Crippen LogP contribution in [0, 0.1) is 12.7 Å². The van der Waals surface area contributed by atoms with Gasteiger partial charge in [0.1, 0.15) is 11.3 Å². The number of nitrogen functional groups attached to an aromatic ring is 1. The molecule has 2 amide bonds. The van der Waals surface area contributed by atoms with Gasteiger partial charge in [-0.3, -0.25) is 0 Å². The number of amides is 2. The van der Waals surface area contributed by atoms with Crippen LogP contribution < -0.4 is 16.4 Å². The molecule has 0 aliphatic carbocycles. The molecule has 0 bridgehead atoms. The summed E-state index contributed by atoms with van der Waals surface area (Å²) in [6, 6.07) is 17.3. The fourth-order valence-electron chi connectivity index (χ4n) is 4.10. The van der Waals surface area contributed by atoms with E-state index in [2.05, 4.69) is 20.6 Å². The van der Waals surface area contributed by atoms with Gasteiger partial charge in [0.05, 0.1) is 11.2 Å². The molecular weight excluding hydrogens is 433 g/mol. The van der Waals surface area contributed by atoms with Gasteiger partial charge in [-0.15, -0.1) is 0 Å². The summed E-state index contributed by atoms with van der Waals surface area (Å²) in [5.74, 6) is 0.344. The number of hydrogen-bond donors (Lipinski definition) is 3. The predicted octanol–water partition coefficient (Wildman–Crippen LogP) is 4.44. The highest BCUT2D eigenvalue weighted by Gasteiger charge is 2.27. The average Bonchev–Trinajstić information content (AvgIpc) is 3.28. The van der Waals surface area contributed by atoms with Crippen LogP contribution in [0.25, 0.3) is 22.3 Å². The number of carbonyl (C=O) groups is 1. The molecule has 8 nitrogen and oxygen atoms in total. The highest BCUT2D eigenvalue weighted by Crippen LogP contribution is 2.26. The molecular formula is C25H24FN7O. The Labute approximate surface area is 196 Å². The summed E-state index contributed by atoms with van der Waals surface area (Å²) in [7, 11) is 0. The predicted molar refractivity (Wildman–Crippen MR) is 131 cm³/mol. The number of nitrogens with two attached hydrogens (primary N) is 1. The summed E-state index contributed by atoms with van der Waals surface area (Å²) in [5.41, 5.74) is 10.4. The van der Waals surface area contributed by atoms with Crippen LogP contribution in [0.5, 0.6) is 0 Å². The normalized spacial score (nSPS) is 15.5. The number of anilines is 3. The topological polar surface area (TPSA) is 109 Å². The Bertz CT molecular complexity index is 1360. The summed E-state index contributed by atoms with van der Waals surface area (Å²) >= 11 is 0. The zero-order valence-corrected chi connectivity index (χ0v) is 18.6. The number of fused-ring (bicyclic) bond motifs is 1. The van der Waals surface area contributed by atoms with Gasteiger partial charge in [-0.1, -0.05) is 12.1 Å². The van der Waals surface area contributed by atoms with Gasteiger partial charge in [-0.25, -0.2) is 19.2 Å². The van der Waals surface area contributed by atoms with Gasteiger partial charge in [0.2, 0.25) is 5.95 Å². The van der Waals surface area contributed by atoms with Crippen LogP contribution in [0.4, 0.5) is 26.6 Å². The van der Waals surface area contributed by atoms with Crippen LogP contribution in [0.3, 0.4) is 0 Å². The first-order valence-electron chi connectivity index (χ1n) is 11.0. The Morgan fingerprint density at radius 3 is 2.71 bits per heavy atom. The van der Waals surface area contributed by atoms with Crippen molar-refractivity contribution < 1.29 is 9.18 Å². The zero-order chi connectivity index (χ0) is 23.7. The summed E-state index contributed by atoms with van der Waals surface area (Å²) in [6.45, 7) is 3.11. The second kappa shape index (κ2) is 8.93. The zero-order valence-electron chi connectivity index (χ0n) is 18.6. The molecule has 3 heterocycles. The number of likely N-dealkylation sites (tertiary alicyclic amines) is 1. The first-order chi connectivity index (χ1) is 16.4. The molecule has 4 aromatic rings. The van der Waals surface area contributed by atoms with Crippen molar-refractivity contribution in [1.82, 2.24) is 19.9 Å². The Morgan fingerprint density at radius 1 is 1.09 bits per heavy atom. The fraction of sp³-hybridized carbons (Fsp3) is 0.200. The quantitative estimate of drug-likeness (QED) is 0.418. The number of nitrogens with one attached hydrogen (secondary N) is 2. The van der Waals surface area contributed by atoms with Gasteiger partial charge in [-0.2, -0.15) is 4.98 Å². The third kappa shape index (κ3) is 4.59. The molecule has 2 aromatic carbocycles. The third-order valence-electron chi connectivity index (χ3n) is 5.79. The molecule has 2 aromatic heterocycles. The molecule has 172 valence electrons. The maximum Gasteiger partial charge on any atom is 0.321 e. The lowest BCUT2D eigenvalue weighted by Gasteiger charge is -2.19. The van der Waals surface area contributed by atoms with E-state index in [4.69, 9.17) is 10.7 Å². The summed E-state index contributed by atoms with van der Waals surface area (Å²) < 4.78 is 13.3. The second-order valence-corrected chi connectivity index (χ2v) is 8.38. The van der Waals surface area contributed by atoms with Crippen molar-refractivity contribution >= 4 is 34.5 Å². The van der Waals surface area contributed by atoms with Gasteiger partial charge < -0.3 is 21.3 Å². The van der Waals surface area contributed by atoms with E-state index < -0.39 is 0 Å². The molecule has 1 fully saturated rings. The van der Waals surface area contributed by atoms with Crippen molar-refractivity contribution in [3.05, 3.63) is 72.0 Å². The van der Waals surface area contributed by atoms with E-state index in [1.54, 1.807) is 17.0 Å². The van der Waals surface area contributed by atoms with Crippen molar-refractivity contribution in [2.45, 2.75) is 19.4 Å². The number of aryl methyl sites for hydroxylation is 1. The maximum absolute atomic E-state index is 13.3. The number of pyridine rings is 1. The number of carbonyl (C=O) groups excluding carboxylic acids is 1. The average molecular weight is 458 g/mol. The smallest absolute Gasteiger partial charge is 0.321 e. The van der Waals surface area contributed by atoms with Gasteiger partial charge in [0, 0.05) is 30.4 Å². The molecule has 34 heavy (non-hydrogen) atoms. The van der Waals surface area contributed by atoms with Crippen LogP contribution in [0.2, 0.25) is 0 Å². The van der Waals surface area contributed by atoms with Crippen molar-refractivity contribution in [2.75, 3.05) is 29.5 Å². The molecule has 4 N–H and O–H groups in total. The highest BCUT2D eigenvalue weighted by atomic mass is 19.1. The molecule has 1 saturated heterocycles. The van der Waals surface area contributed by atoms with Crippen molar-refractivity contribution in [3.63, 3.8) is 0 Å². The van der Waals surface area contributed by atoms with E-state index in [1.807, 2.05) is 43.3 Å². The van der Waals surface area contributed by atoms with Crippen molar-refractivity contribution in [2.24, 2.45) is 0 Å². The van der Waals surface area contributed by atoms with Crippen LogP contribution in [-0.2, 0) is 0 Å². The van der Waals surface area contributed by atoms with Crippen molar-refractivity contribution in [1.29, 1.82) is 0 Å². The second-order valence-electron chi connectivity index (χ2n) is 8.38. The lowest BCUT2D eigenvalue weighted by molar-refractivity contribution is 0.222. The van der Waals surface area contributed by atoms with Gasteiger partial charge in [0.25, 0.3) is 0 Å². The van der Waals surface area contributed by atoms with Gasteiger partial charge >= 0.3 is 6.03 Å². The number of nitrogens with zero attached hydrogens (tertiary/aromatic N) is 4. The molecule has 9 heteroatoms. The molecule has 1 aliphatic heterocycles. The Morgan fingerprint density at radius 2 is 1.91 bits per heavy atom. The maximum atomic E-state index is 13.3. The molecule has 0 radical (unpaired) electrons. The Hall–Kier alpha value is -4.27. The molecule has 0 saturated carbocycles. The fourth-order valence-corrected chi connectivity index (χ4v) is 4.10. The number of hydrogen-bond acceptors (Lipinski definition) is 6. The largest absolute Gasteiger partial charge is 0.368 e. The molecule has 5 rings (SSSR count).